The molecule has 2 N–H and O–H groups in total. The maximum Gasteiger partial charge on any atom is 0.196 e. The van der Waals surface area contributed by atoms with Gasteiger partial charge in [-0.25, -0.2) is 4.39 Å². The minimum atomic E-state index is -0.257. The molecular formula is C14H18FN3O. The SMILES string of the molecule is CC1CC2(CCO1)CN=C(N)N2c1cccc(F)c1. The van der Waals surface area contributed by atoms with E-state index in [0.29, 0.717) is 19.1 Å². The highest BCUT2D eigenvalue weighted by Gasteiger charge is 2.46. The number of anilines is 1. The molecule has 1 aromatic rings. The third kappa shape index (κ3) is 2.08. The van der Waals surface area contributed by atoms with Gasteiger partial charge < -0.3 is 15.4 Å². The van der Waals surface area contributed by atoms with E-state index < -0.39 is 0 Å². The Hall–Kier alpha value is -1.62. The van der Waals surface area contributed by atoms with Crippen molar-refractivity contribution in [2.24, 2.45) is 10.7 Å². The van der Waals surface area contributed by atoms with Gasteiger partial charge in [0, 0.05) is 12.3 Å². The number of nitrogens with zero attached hydrogens (tertiary/aromatic N) is 2. The molecule has 1 fully saturated rings. The molecule has 0 radical (unpaired) electrons. The van der Waals surface area contributed by atoms with Crippen molar-refractivity contribution in [3.63, 3.8) is 0 Å². The fraction of sp³-hybridized carbons (Fsp3) is 0.500. The molecule has 1 saturated heterocycles. The van der Waals surface area contributed by atoms with E-state index in [9.17, 15) is 4.39 Å². The van der Waals surface area contributed by atoms with Gasteiger partial charge in [-0.15, -0.1) is 0 Å². The smallest absolute Gasteiger partial charge is 0.196 e. The molecule has 2 aliphatic heterocycles. The number of nitrogens with two attached hydrogens (primary N) is 1. The lowest BCUT2D eigenvalue weighted by Crippen LogP contribution is -2.56. The van der Waals surface area contributed by atoms with Crippen LogP contribution in [0.4, 0.5) is 10.1 Å². The van der Waals surface area contributed by atoms with Crippen molar-refractivity contribution < 1.29 is 9.13 Å². The van der Waals surface area contributed by atoms with Crippen molar-refractivity contribution in [2.45, 2.75) is 31.4 Å². The zero-order chi connectivity index (χ0) is 13.5. The van der Waals surface area contributed by atoms with Crippen LogP contribution in [0, 0.1) is 5.82 Å². The first-order valence-corrected chi connectivity index (χ1v) is 6.58. The van der Waals surface area contributed by atoms with Crippen LogP contribution in [0.1, 0.15) is 19.8 Å². The Morgan fingerprint density at radius 1 is 1.53 bits per heavy atom. The highest BCUT2D eigenvalue weighted by molar-refractivity contribution is 5.98. The average Bonchev–Trinajstić information content (AvgIpc) is 2.66. The third-order valence-electron chi connectivity index (χ3n) is 3.94. The Kier molecular flexibility index (Phi) is 2.93. The second-order valence-corrected chi connectivity index (χ2v) is 5.35. The van der Waals surface area contributed by atoms with Gasteiger partial charge in [0.15, 0.2) is 5.96 Å². The summed E-state index contributed by atoms with van der Waals surface area (Å²) in [6.45, 7) is 3.40. The van der Waals surface area contributed by atoms with Crippen LogP contribution in [-0.2, 0) is 4.74 Å². The fourth-order valence-electron chi connectivity index (χ4n) is 3.13. The number of guanidine groups is 1. The summed E-state index contributed by atoms with van der Waals surface area (Å²) in [4.78, 5) is 6.36. The van der Waals surface area contributed by atoms with Gasteiger partial charge in [0.05, 0.1) is 18.2 Å². The van der Waals surface area contributed by atoms with Crippen molar-refractivity contribution in [3.8, 4) is 0 Å². The van der Waals surface area contributed by atoms with Crippen LogP contribution in [0.5, 0.6) is 0 Å². The maximum atomic E-state index is 13.4. The van der Waals surface area contributed by atoms with Gasteiger partial charge in [-0.2, -0.15) is 0 Å². The van der Waals surface area contributed by atoms with Crippen LogP contribution in [0.2, 0.25) is 0 Å². The van der Waals surface area contributed by atoms with Gasteiger partial charge in [0.25, 0.3) is 0 Å². The number of aliphatic imine (C=N–C) groups is 1. The molecule has 0 bridgehead atoms. The molecule has 2 atom stereocenters. The monoisotopic (exact) mass is 263 g/mol. The average molecular weight is 263 g/mol. The van der Waals surface area contributed by atoms with Gasteiger partial charge in [-0.1, -0.05) is 6.07 Å². The second kappa shape index (κ2) is 4.49. The van der Waals surface area contributed by atoms with Crippen molar-refractivity contribution >= 4 is 11.6 Å². The summed E-state index contributed by atoms with van der Waals surface area (Å²) >= 11 is 0. The molecule has 1 spiro atoms. The van der Waals surface area contributed by atoms with Crippen LogP contribution in [0.3, 0.4) is 0 Å². The Morgan fingerprint density at radius 2 is 2.37 bits per heavy atom. The van der Waals surface area contributed by atoms with E-state index >= 15 is 0 Å². The van der Waals surface area contributed by atoms with Crippen molar-refractivity contribution in [1.29, 1.82) is 0 Å². The Balaban J connectivity index is 1.98. The second-order valence-electron chi connectivity index (χ2n) is 5.35. The van der Waals surface area contributed by atoms with Gasteiger partial charge in [-0.05, 0) is 38.0 Å². The van der Waals surface area contributed by atoms with Crippen LogP contribution in [0.15, 0.2) is 29.3 Å². The van der Waals surface area contributed by atoms with Crippen LogP contribution in [-0.4, -0.2) is 30.8 Å². The Morgan fingerprint density at radius 3 is 3.11 bits per heavy atom. The summed E-state index contributed by atoms with van der Waals surface area (Å²) in [5.74, 6) is 0.215. The standard InChI is InChI=1S/C14H18FN3O/c1-10-8-14(5-6-19-10)9-17-13(16)18(14)12-4-2-3-11(15)7-12/h2-4,7,10H,5-6,8-9H2,1H3,(H2,16,17). The lowest BCUT2D eigenvalue weighted by molar-refractivity contribution is -0.00246. The molecule has 2 unspecified atom stereocenters. The van der Waals surface area contributed by atoms with Gasteiger partial charge in [0.1, 0.15) is 5.82 Å². The molecule has 3 rings (SSSR count). The predicted octanol–water partition coefficient (Wildman–Crippen LogP) is 1.90. The van der Waals surface area contributed by atoms with Crippen LogP contribution in [0.25, 0.3) is 0 Å². The first kappa shape index (κ1) is 12.4. The fourth-order valence-corrected chi connectivity index (χ4v) is 3.13. The highest BCUT2D eigenvalue weighted by atomic mass is 19.1. The van der Waals surface area contributed by atoms with E-state index in [2.05, 4.69) is 11.9 Å². The van der Waals surface area contributed by atoms with E-state index in [1.165, 1.54) is 12.1 Å². The van der Waals surface area contributed by atoms with Gasteiger partial charge in [-0.3, -0.25) is 4.99 Å². The summed E-state index contributed by atoms with van der Waals surface area (Å²) in [7, 11) is 0. The zero-order valence-corrected chi connectivity index (χ0v) is 11.0. The number of benzene rings is 1. The zero-order valence-electron chi connectivity index (χ0n) is 11.0. The van der Waals surface area contributed by atoms with E-state index in [1.807, 2.05) is 11.0 Å². The number of hydrogen-bond acceptors (Lipinski definition) is 4. The maximum absolute atomic E-state index is 13.4. The summed E-state index contributed by atoms with van der Waals surface area (Å²) in [5, 5.41) is 0. The molecule has 0 aromatic heterocycles. The number of halogens is 1. The minimum Gasteiger partial charge on any atom is -0.378 e. The molecule has 0 saturated carbocycles. The molecule has 0 aliphatic carbocycles. The Labute approximate surface area is 112 Å². The molecule has 19 heavy (non-hydrogen) atoms. The lowest BCUT2D eigenvalue weighted by atomic mass is 9.85. The number of ether oxygens (including phenoxy) is 1. The van der Waals surface area contributed by atoms with Gasteiger partial charge in [0.2, 0.25) is 0 Å². The summed E-state index contributed by atoms with van der Waals surface area (Å²) in [6.07, 6.45) is 1.89. The lowest BCUT2D eigenvalue weighted by Gasteiger charge is -2.43. The molecule has 1 aromatic carbocycles. The summed E-state index contributed by atoms with van der Waals surface area (Å²) in [6, 6.07) is 6.52. The van der Waals surface area contributed by atoms with Crippen LogP contribution >= 0.6 is 0 Å². The van der Waals surface area contributed by atoms with Crippen molar-refractivity contribution in [1.82, 2.24) is 0 Å². The molecular weight excluding hydrogens is 245 g/mol. The molecule has 5 heteroatoms. The quantitative estimate of drug-likeness (QED) is 0.842. The highest BCUT2D eigenvalue weighted by Crippen LogP contribution is 2.38. The summed E-state index contributed by atoms with van der Waals surface area (Å²) < 4.78 is 19.1. The van der Waals surface area contributed by atoms with Crippen molar-refractivity contribution in [3.05, 3.63) is 30.1 Å². The van der Waals surface area contributed by atoms with E-state index in [0.717, 1.165) is 18.5 Å². The molecule has 2 heterocycles. The largest absolute Gasteiger partial charge is 0.378 e. The molecule has 102 valence electrons. The Bertz CT molecular complexity index is 519. The minimum absolute atomic E-state index is 0.157. The van der Waals surface area contributed by atoms with E-state index in [-0.39, 0.29) is 17.5 Å². The molecule has 0 amide bonds. The van der Waals surface area contributed by atoms with E-state index in [4.69, 9.17) is 10.5 Å². The molecule has 4 nitrogen and oxygen atoms in total. The van der Waals surface area contributed by atoms with E-state index in [1.54, 1.807) is 6.07 Å². The first-order valence-electron chi connectivity index (χ1n) is 6.58. The first-order chi connectivity index (χ1) is 9.11. The van der Waals surface area contributed by atoms with Gasteiger partial charge >= 0.3 is 0 Å². The predicted molar refractivity (Wildman–Crippen MR) is 72.7 cm³/mol. The normalized spacial score (nSPS) is 30.7. The molecule has 2 aliphatic rings. The van der Waals surface area contributed by atoms with Crippen LogP contribution < -0.4 is 10.6 Å². The van der Waals surface area contributed by atoms with Crippen molar-refractivity contribution in [2.75, 3.05) is 18.1 Å². The topological polar surface area (TPSA) is 50.9 Å². The number of hydrogen-bond donors (Lipinski definition) is 1. The third-order valence-corrected chi connectivity index (χ3v) is 3.94. The summed E-state index contributed by atoms with van der Waals surface area (Å²) in [5.41, 5.74) is 6.64. The number of rotatable bonds is 1.